The lowest BCUT2D eigenvalue weighted by Gasteiger charge is -2.10. The fourth-order valence-electron chi connectivity index (χ4n) is 3.64. The van der Waals surface area contributed by atoms with Gasteiger partial charge in [0.1, 0.15) is 5.58 Å². The van der Waals surface area contributed by atoms with E-state index in [1.807, 2.05) is 66.1 Å². The molecule has 5 rings (SSSR count). The average Bonchev–Trinajstić information content (AvgIpc) is 3.47. The zero-order valence-corrected chi connectivity index (χ0v) is 19.5. The molecular formula is C26H20N4O4S. The molecule has 0 aliphatic heterocycles. The number of anilines is 1. The number of hydrogen-bond donors (Lipinski definition) is 2. The number of thioether (sulfide) groups is 1. The number of nitrogens with zero attached hydrogens (tertiary/aromatic N) is 3. The summed E-state index contributed by atoms with van der Waals surface area (Å²) in [5.41, 5.74) is 2.95. The molecule has 2 aromatic heterocycles. The molecule has 0 aliphatic carbocycles. The number of carboxylic acids is 1. The second-order valence-electron chi connectivity index (χ2n) is 7.81. The molecule has 9 heteroatoms. The first-order chi connectivity index (χ1) is 17.0. The molecule has 0 aliphatic rings. The Balaban J connectivity index is 1.44. The molecule has 0 bridgehead atoms. The molecule has 174 valence electrons. The number of aromatic carboxylic acids is 1. The van der Waals surface area contributed by atoms with Crippen molar-refractivity contribution in [2.75, 3.05) is 11.1 Å². The SMILES string of the molecule is Cc1ccc(-n2c(SCC(=O)Nc3ccccc3C(=O)O)nnc2-c2cc3ccccc3o2)cc1. The van der Waals surface area contributed by atoms with Crippen LogP contribution in [0.25, 0.3) is 28.2 Å². The van der Waals surface area contributed by atoms with E-state index >= 15 is 0 Å². The van der Waals surface area contributed by atoms with Crippen LogP contribution in [0.2, 0.25) is 0 Å². The zero-order chi connectivity index (χ0) is 24.4. The fourth-order valence-corrected chi connectivity index (χ4v) is 4.39. The quantitative estimate of drug-likeness (QED) is 0.297. The number of carbonyl (C=O) groups is 2. The van der Waals surface area contributed by atoms with Gasteiger partial charge in [-0.05, 0) is 43.3 Å². The predicted molar refractivity (Wildman–Crippen MR) is 134 cm³/mol. The number of carboxylic acid groups (broad SMARTS) is 1. The number of carbonyl (C=O) groups excluding carboxylic acids is 1. The van der Waals surface area contributed by atoms with E-state index in [1.165, 1.54) is 17.8 Å². The van der Waals surface area contributed by atoms with E-state index in [0.717, 1.165) is 22.2 Å². The Bertz CT molecular complexity index is 1510. The lowest BCUT2D eigenvalue weighted by molar-refractivity contribution is -0.113. The van der Waals surface area contributed by atoms with E-state index in [1.54, 1.807) is 18.2 Å². The van der Waals surface area contributed by atoms with Gasteiger partial charge in [0.05, 0.1) is 17.0 Å². The van der Waals surface area contributed by atoms with Crippen LogP contribution >= 0.6 is 11.8 Å². The number of aromatic nitrogens is 3. The van der Waals surface area contributed by atoms with Gasteiger partial charge in [0.15, 0.2) is 10.9 Å². The van der Waals surface area contributed by atoms with Crippen LogP contribution in [0.3, 0.4) is 0 Å². The molecule has 35 heavy (non-hydrogen) atoms. The summed E-state index contributed by atoms with van der Waals surface area (Å²) >= 11 is 1.20. The van der Waals surface area contributed by atoms with Crippen LogP contribution in [-0.2, 0) is 4.79 Å². The summed E-state index contributed by atoms with van der Waals surface area (Å²) in [5.74, 6) is -0.372. The Morgan fingerprint density at radius 2 is 1.74 bits per heavy atom. The van der Waals surface area contributed by atoms with Crippen molar-refractivity contribution in [1.29, 1.82) is 0 Å². The van der Waals surface area contributed by atoms with Gasteiger partial charge < -0.3 is 14.8 Å². The molecule has 2 N–H and O–H groups in total. The van der Waals surface area contributed by atoms with Crippen LogP contribution in [0.4, 0.5) is 5.69 Å². The number of fused-ring (bicyclic) bond motifs is 1. The Labute approximate surface area is 204 Å². The van der Waals surface area contributed by atoms with Crippen molar-refractivity contribution in [2.24, 2.45) is 0 Å². The van der Waals surface area contributed by atoms with Gasteiger partial charge in [0, 0.05) is 11.1 Å². The number of nitrogens with one attached hydrogen (secondary N) is 1. The largest absolute Gasteiger partial charge is 0.478 e. The molecular weight excluding hydrogens is 464 g/mol. The third kappa shape index (κ3) is 4.67. The van der Waals surface area contributed by atoms with Crippen molar-refractivity contribution < 1.29 is 19.1 Å². The van der Waals surface area contributed by atoms with E-state index in [9.17, 15) is 14.7 Å². The molecule has 0 radical (unpaired) electrons. The van der Waals surface area contributed by atoms with Crippen molar-refractivity contribution in [3.63, 3.8) is 0 Å². The van der Waals surface area contributed by atoms with Crippen LogP contribution in [0.1, 0.15) is 15.9 Å². The Morgan fingerprint density at radius 1 is 1.00 bits per heavy atom. The molecule has 0 saturated heterocycles. The lowest BCUT2D eigenvalue weighted by atomic mass is 10.2. The standard InChI is InChI=1S/C26H20N4O4S/c1-16-10-12-18(13-11-16)30-24(22-14-17-6-2-5-9-21(17)34-22)28-29-26(30)35-15-23(31)27-20-8-4-3-7-19(20)25(32)33/h2-14H,15H2,1H3,(H,27,31)(H,32,33). The summed E-state index contributed by atoms with van der Waals surface area (Å²) in [6.45, 7) is 2.01. The van der Waals surface area contributed by atoms with Gasteiger partial charge in [0.2, 0.25) is 11.7 Å². The minimum absolute atomic E-state index is 0.0120. The highest BCUT2D eigenvalue weighted by Crippen LogP contribution is 2.32. The van der Waals surface area contributed by atoms with Crippen molar-refractivity contribution >= 4 is 40.3 Å². The summed E-state index contributed by atoms with van der Waals surface area (Å²) in [5, 5.41) is 22.2. The first kappa shape index (κ1) is 22.4. The summed E-state index contributed by atoms with van der Waals surface area (Å²) in [6, 6.07) is 23.8. The number of furan rings is 1. The van der Waals surface area contributed by atoms with Crippen molar-refractivity contribution in [1.82, 2.24) is 14.8 Å². The van der Waals surface area contributed by atoms with Gasteiger partial charge in [-0.3, -0.25) is 9.36 Å². The topological polar surface area (TPSA) is 110 Å². The Morgan fingerprint density at radius 3 is 2.51 bits per heavy atom. The van der Waals surface area contributed by atoms with Gasteiger partial charge in [-0.15, -0.1) is 10.2 Å². The molecule has 3 aromatic carbocycles. The zero-order valence-electron chi connectivity index (χ0n) is 18.6. The van der Waals surface area contributed by atoms with Gasteiger partial charge in [-0.25, -0.2) is 4.79 Å². The van der Waals surface area contributed by atoms with Gasteiger partial charge in [-0.1, -0.05) is 59.8 Å². The number of rotatable bonds is 7. The molecule has 5 aromatic rings. The summed E-state index contributed by atoms with van der Waals surface area (Å²) in [4.78, 5) is 24.1. The number of amides is 1. The van der Waals surface area contributed by atoms with Crippen LogP contribution in [-0.4, -0.2) is 37.5 Å². The van der Waals surface area contributed by atoms with Crippen molar-refractivity contribution in [3.05, 3.63) is 90.0 Å². The Hall–Kier alpha value is -4.37. The van der Waals surface area contributed by atoms with Crippen LogP contribution < -0.4 is 5.32 Å². The maximum Gasteiger partial charge on any atom is 0.337 e. The molecule has 0 saturated carbocycles. The maximum atomic E-state index is 12.6. The van der Waals surface area contributed by atoms with Crippen molar-refractivity contribution in [3.8, 4) is 17.3 Å². The molecule has 2 heterocycles. The molecule has 0 atom stereocenters. The maximum absolute atomic E-state index is 12.6. The predicted octanol–water partition coefficient (Wildman–Crippen LogP) is 5.42. The van der Waals surface area contributed by atoms with Gasteiger partial charge >= 0.3 is 5.97 Å². The minimum atomic E-state index is -1.11. The lowest BCUT2D eigenvalue weighted by Crippen LogP contribution is -2.17. The van der Waals surface area contributed by atoms with Crippen molar-refractivity contribution in [2.45, 2.75) is 12.1 Å². The number of aryl methyl sites for hydroxylation is 1. The van der Waals surface area contributed by atoms with Gasteiger partial charge in [-0.2, -0.15) is 0 Å². The summed E-state index contributed by atoms with van der Waals surface area (Å²) in [7, 11) is 0. The highest BCUT2D eigenvalue weighted by Gasteiger charge is 2.20. The number of benzene rings is 3. The van der Waals surface area contributed by atoms with Crippen LogP contribution in [0.5, 0.6) is 0 Å². The third-order valence-electron chi connectivity index (χ3n) is 5.34. The minimum Gasteiger partial charge on any atom is -0.478 e. The average molecular weight is 485 g/mol. The summed E-state index contributed by atoms with van der Waals surface area (Å²) < 4.78 is 7.87. The highest BCUT2D eigenvalue weighted by atomic mass is 32.2. The van der Waals surface area contributed by atoms with E-state index in [0.29, 0.717) is 16.7 Å². The second kappa shape index (κ2) is 9.47. The smallest absolute Gasteiger partial charge is 0.337 e. The molecule has 0 unspecified atom stereocenters. The first-order valence-electron chi connectivity index (χ1n) is 10.8. The van der Waals surface area contributed by atoms with E-state index in [-0.39, 0.29) is 22.9 Å². The van der Waals surface area contributed by atoms with E-state index in [2.05, 4.69) is 15.5 Å². The normalized spacial score (nSPS) is 11.0. The molecule has 8 nitrogen and oxygen atoms in total. The summed E-state index contributed by atoms with van der Waals surface area (Å²) in [6.07, 6.45) is 0. The first-order valence-corrected chi connectivity index (χ1v) is 11.7. The number of hydrogen-bond acceptors (Lipinski definition) is 6. The second-order valence-corrected chi connectivity index (χ2v) is 8.76. The molecule has 1 amide bonds. The van der Waals surface area contributed by atoms with E-state index < -0.39 is 5.97 Å². The van der Waals surface area contributed by atoms with Crippen LogP contribution in [0, 0.1) is 6.92 Å². The Kier molecular flexibility index (Phi) is 6.07. The highest BCUT2D eigenvalue weighted by molar-refractivity contribution is 7.99. The van der Waals surface area contributed by atoms with Crippen LogP contribution in [0.15, 0.2) is 88.4 Å². The molecule has 0 spiro atoms. The number of para-hydroxylation sites is 2. The third-order valence-corrected chi connectivity index (χ3v) is 6.26. The monoisotopic (exact) mass is 484 g/mol. The fraction of sp³-hybridized carbons (Fsp3) is 0.0769. The van der Waals surface area contributed by atoms with Gasteiger partial charge in [0.25, 0.3) is 0 Å². The van der Waals surface area contributed by atoms with E-state index in [4.69, 9.17) is 4.42 Å². The molecule has 0 fully saturated rings.